The number of amides is 2. The van der Waals surface area contributed by atoms with E-state index >= 15 is 0 Å². The summed E-state index contributed by atoms with van der Waals surface area (Å²) in [6, 6.07) is -0.327. The van der Waals surface area contributed by atoms with Gasteiger partial charge in [-0.25, -0.2) is 4.79 Å². The van der Waals surface area contributed by atoms with E-state index in [1.807, 2.05) is 39.1 Å². The van der Waals surface area contributed by atoms with Crippen LogP contribution in [0.2, 0.25) is 0 Å². The van der Waals surface area contributed by atoms with Gasteiger partial charge in [0.2, 0.25) is 5.91 Å². The maximum Gasteiger partial charge on any atom is 0.410 e. The van der Waals surface area contributed by atoms with E-state index in [4.69, 9.17) is 4.74 Å². The number of ether oxygens (including phenoxy) is 1. The lowest BCUT2D eigenvalue weighted by Crippen LogP contribution is -2.50. The molecule has 1 fully saturated rings. The van der Waals surface area contributed by atoms with Crippen molar-refractivity contribution < 1.29 is 14.3 Å². The average Bonchev–Trinajstić information content (AvgIpc) is 2.53. The van der Waals surface area contributed by atoms with E-state index in [2.05, 4.69) is 15.5 Å². The zero-order valence-electron chi connectivity index (χ0n) is 14.3. The third kappa shape index (κ3) is 4.64. The lowest BCUT2D eigenvalue weighted by atomic mass is 10.1. The van der Waals surface area contributed by atoms with Gasteiger partial charge >= 0.3 is 6.09 Å². The Bertz CT molecular complexity index is 514. The summed E-state index contributed by atoms with van der Waals surface area (Å²) >= 11 is 0. The molecule has 0 aromatic carbocycles. The number of nitrogens with one attached hydrogen (secondary N) is 2. The molecule has 0 spiro atoms. The quantitative estimate of drug-likeness (QED) is 0.781. The summed E-state index contributed by atoms with van der Waals surface area (Å²) in [6.07, 6.45) is 5.37. The Morgan fingerprint density at radius 3 is 2.39 bits per heavy atom. The SMILES string of the molecule is CNC(=O)C1C=CC(N2CCN(C(=O)OC(C)(C)C)CC2)=CN1. The number of piperazine rings is 1. The standard InChI is InChI=1S/C16H26N4O3/c1-16(2,3)23-15(22)20-9-7-19(8-10-20)12-5-6-13(18-11-12)14(21)17-4/h5-6,11,13,18H,7-10H2,1-4H3,(H,17,21). The highest BCUT2D eigenvalue weighted by Gasteiger charge is 2.27. The van der Waals surface area contributed by atoms with E-state index in [-0.39, 0.29) is 18.0 Å². The van der Waals surface area contributed by atoms with Crippen molar-refractivity contribution in [3.05, 3.63) is 24.0 Å². The highest BCUT2D eigenvalue weighted by molar-refractivity contribution is 5.84. The molecular formula is C16H26N4O3. The second-order valence-electron chi connectivity index (χ2n) is 6.64. The Kier molecular flexibility index (Phi) is 5.18. The molecule has 2 N–H and O–H groups in total. The number of allylic oxidation sites excluding steroid dienone is 1. The lowest BCUT2D eigenvalue weighted by molar-refractivity contribution is -0.121. The summed E-state index contributed by atoms with van der Waals surface area (Å²) in [5, 5.41) is 5.69. The van der Waals surface area contributed by atoms with Gasteiger partial charge in [-0.05, 0) is 26.8 Å². The maximum atomic E-state index is 12.0. The highest BCUT2D eigenvalue weighted by Crippen LogP contribution is 2.16. The van der Waals surface area contributed by atoms with Crippen LogP contribution in [0.5, 0.6) is 0 Å². The molecule has 2 aliphatic heterocycles. The van der Waals surface area contributed by atoms with E-state index in [0.717, 1.165) is 18.8 Å². The third-order valence-corrected chi connectivity index (χ3v) is 3.70. The fourth-order valence-electron chi connectivity index (χ4n) is 2.46. The van der Waals surface area contributed by atoms with Gasteiger partial charge in [0, 0.05) is 39.4 Å². The van der Waals surface area contributed by atoms with Gasteiger partial charge in [-0.15, -0.1) is 0 Å². The number of nitrogens with zero attached hydrogens (tertiary/aromatic N) is 2. The molecule has 2 rings (SSSR count). The largest absolute Gasteiger partial charge is 0.444 e. The van der Waals surface area contributed by atoms with Gasteiger partial charge in [-0.1, -0.05) is 6.08 Å². The molecule has 1 saturated heterocycles. The predicted molar refractivity (Wildman–Crippen MR) is 87.6 cm³/mol. The molecule has 0 aliphatic carbocycles. The lowest BCUT2D eigenvalue weighted by Gasteiger charge is -2.37. The normalized spacial score (nSPS) is 21.4. The van der Waals surface area contributed by atoms with Crippen LogP contribution >= 0.6 is 0 Å². The van der Waals surface area contributed by atoms with Crippen molar-refractivity contribution in [1.82, 2.24) is 20.4 Å². The second kappa shape index (κ2) is 6.93. The van der Waals surface area contributed by atoms with Crippen LogP contribution in [0.25, 0.3) is 0 Å². The van der Waals surface area contributed by atoms with Gasteiger partial charge < -0.3 is 25.2 Å². The minimum atomic E-state index is -0.471. The molecule has 2 aliphatic rings. The van der Waals surface area contributed by atoms with Crippen molar-refractivity contribution in [2.75, 3.05) is 33.2 Å². The first-order valence-corrected chi connectivity index (χ1v) is 7.89. The summed E-state index contributed by atoms with van der Waals surface area (Å²) in [6.45, 7) is 8.33. The molecule has 1 unspecified atom stereocenters. The van der Waals surface area contributed by atoms with Crippen molar-refractivity contribution in [3.8, 4) is 0 Å². The molecular weight excluding hydrogens is 296 g/mol. The van der Waals surface area contributed by atoms with Crippen LogP contribution in [0, 0.1) is 0 Å². The van der Waals surface area contributed by atoms with Gasteiger partial charge in [0.1, 0.15) is 11.6 Å². The number of hydrogen-bond donors (Lipinski definition) is 2. The summed E-state index contributed by atoms with van der Waals surface area (Å²) < 4.78 is 5.39. The van der Waals surface area contributed by atoms with Gasteiger partial charge in [-0.3, -0.25) is 4.79 Å². The maximum absolute atomic E-state index is 12.0. The molecule has 128 valence electrons. The fourth-order valence-corrected chi connectivity index (χ4v) is 2.46. The molecule has 7 heteroatoms. The van der Waals surface area contributed by atoms with Gasteiger partial charge in [0.15, 0.2) is 0 Å². The molecule has 2 heterocycles. The third-order valence-electron chi connectivity index (χ3n) is 3.70. The van der Waals surface area contributed by atoms with E-state index < -0.39 is 5.60 Å². The molecule has 0 aromatic rings. The number of likely N-dealkylation sites (N-methyl/N-ethyl adjacent to an activating group) is 1. The van der Waals surface area contributed by atoms with Crippen LogP contribution in [-0.2, 0) is 9.53 Å². The monoisotopic (exact) mass is 322 g/mol. The Morgan fingerprint density at radius 1 is 1.26 bits per heavy atom. The number of carbonyl (C=O) groups excluding carboxylic acids is 2. The molecule has 7 nitrogen and oxygen atoms in total. The smallest absolute Gasteiger partial charge is 0.410 e. The van der Waals surface area contributed by atoms with Crippen LogP contribution in [0.15, 0.2) is 24.0 Å². The van der Waals surface area contributed by atoms with Crippen LogP contribution in [0.1, 0.15) is 20.8 Å². The summed E-state index contributed by atoms with van der Waals surface area (Å²) in [5.74, 6) is -0.0636. The number of dihydropyridines is 1. The molecule has 23 heavy (non-hydrogen) atoms. The van der Waals surface area contributed by atoms with Crippen molar-refractivity contribution in [2.24, 2.45) is 0 Å². The Balaban J connectivity index is 1.84. The van der Waals surface area contributed by atoms with Gasteiger partial charge in [0.25, 0.3) is 0 Å². The Labute approximate surface area is 137 Å². The molecule has 0 aromatic heterocycles. The number of hydrogen-bond acceptors (Lipinski definition) is 5. The number of carbonyl (C=O) groups is 2. The van der Waals surface area contributed by atoms with Crippen molar-refractivity contribution in [1.29, 1.82) is 0 Å². The van der Waals surface area contributed by atoms with Gasteiger partial charge in [0.05, 0.1) is 5.70 Å². The first kappa shape index (κ1) is 17.2. The van der Waals surface area contributed by atoms with Gasteiger partial charge in [-0.2, -0.15) is 0 Å². The number of rotatable bonds is 2. The van der Waals surface area contributed by atoms with Crippen LogP contribution in [0.3, 0.4) is 0 Å². The topological polar surface area (TPSA) is 73.9 Å². The fraction of sp³-hybridized carbons (Fsp3) is 0.625. The Morgan fingerprint density at radius 2 is 1.91 bits per heavy atom. The van der Waals surface area contributed by atoms with Crippen LogP contribution in [-0.4, -0.2) is 66.7 Å². The first-order valence-electron chi connectivity index (χ1n) is 7.89. The molecule has 0 bridgehead atoms. The van der Waals surface area contributed by atoms with Crippen LogP contribution in [0.4, 0.5) is 4.79 Å². The van der Waals surface area contributed by atoms with E-state index in [1.165, 1.54) is 0 Å². The summed E-state index contributed by atoms with van der Waals surface area (Å²) in [4.78, 5) is 27.5. The Hall–Kier alpha value is -2.18. The minimum absolute atomic E-state index is 0.0636. The molecule has 1 atom stereocenters. The average molecular weight is 322 g/mol. The summed E-state index contributed by atoms with van der Waals surface area (Å²) in [7, 11) is 1.62. The van der Waals surface area contributed by atoms with E-state index in [0.29, 0.717) is 13.1 Å². The highest BCUT2D eigenvalue weighted by atomic mass is 16.6. The molecule has 2 amide bonds. The van der Waals surface area contributed by atoms with Crippen molar-refractivity contribution in [2.45, 2.75) is 32.4 Å². The van der Waals surface area contributed by atoms with E-state index in [9.17, 15) is 9.59 Å². The van der Waals surface area contributed by atoms with E-state index in [1.54, 1.807) is 11.9 Å². The predicted octanol–water partition coefficient (Wildman–Crippen LogP) is 0.654. The molecule has 0 saturated carbocycles. The zero-order valence-corrected chi connectivity index (χ0v) is 14.3. The van der Waals surface area contributed by atoms with Crippen molar-refractivity contribution >= 4 is 12.0 Å². The molecule has 0 radical (unpaired) electrons. The first-order chi connectivity index (χ1) is 10.8. The zero-order chi connectivity index (χ0) is 17.0. The van der Waals surface area contributed by atoms with Crippen molar-refractivity contribution in [3.63, 3.8) is 0 Å². The minimum Gasteiger partial charge on any atom is -0.444 e. The summed E-state index contributed by atoms with van der Waals surface area (Å²) in [5.41, 5.74) is 0.552. The second-order valence-corrected chi connectivity index (χ2v) is 6.64. The van der Waals surface area contributed by atoms with Crippen LogP contribution < -0.4 is 10.6 Å².